The highest BCUT2D eigenvalue weighted by Gasteiger charge is 2.31. The third-order valence-corrected chi connectivity index (χ3v) is 5.05. The van der Waals surface area contributed by atoms with Gasteiger partial charge in [-0.15, -0.1) is 5.10 Å². The van der Waals surface area contributed by atoms with Crippen LogP contribution in [0, 0.1) is 5.92 Å². The molecule has 0 bridgehead atoms. The average molecular weight is 346 g/mol. The lowest BCUT2D eigenvalue weighted by Gasteiger charge is -2.32. The molecule has 0 radical (unpaired) electrons. The van der Waals surface area contributed by atoms with Crippen LogP contribution in [-0.2, 0) is 5.41 Å². The molecule has 1 unspecified atom stereocenters. The summed E-state index contributed by atoms with van der Waals surface area (Å²) in [6.07, 6.45) is 2.28. The Morgan fingerprint density at radius 3 is 2.89 bits per heavy atom. The molecule has 6 heteroatoms. The lowest BCUT2D eigenvalue weighted by atomic mass is 9.91. The fourth-order valence-electron chi connectivity index (χ4n) is 2.34. The molecule has 0 aliphatic carbocycles. The van der Waals surface area contributed by atoms with E-state index in [1.807, 2.05) is 4.90 Å². The van der Waals surface area contributed by atoms with Crippen LogP contribution >= 0.6 is 27.5 Å². The van der Waals surface area contributed by atoms with E-state index in [0.717, 1.165) is 30.5 Å². The minimum Gasteiger partial charge on any atom is -0.338 e. The van der Waals surface area contributed by atoms with Gasteiger partial charge in [0.15, 0.2) is 0 Å². The zero-order valence-electron chi connectivity index (χ0n) is 11.6. The third-order valence-electron chi connectivity index (χ3n) is 3.42. The molecule has 19 heavy (non-hydrogen) atoms. The van der Waals surface area contributed by atoms with Gasteiger partial charge in [-0.2, -0.15) is 0 Å². The van der Waals surface area contributed by atoms with Crippen molar-refractivity contribution in [2.24, 2.45) is 5.92 Å². The third kappa shape index (κ3) is 3.34. The van der Waals surface area contributed by atoms with E-state index < -0.39 is 0 Å². The summed E-state index contributed by atoms with van der Waals surface area (Å²) in [5.41, 5.74) is 0.686. The predicted octanol–water partition coefficient (Wildman–Crippen LogP) is 3.08. The van der Waals surface area contributed by atoms with Crippen LogP contribution in [0.15, 0.2) is 0 Å². The molecule has 1 aromatic heterocycles. The van der Waals surface area contributed by atoms with Gasteiger partial charge in [0.1, 0.15) is 4.88 Å². The van der Waals surface area contributed by atoms with Crippen LogP contribution in [0.3, 0.4) is 0 Å². The lowest BCUT2D eigenvalue weighted by Crippen LogP contribution is -2.40. The molecule has 1 aliphatic rings. The van der Waals surface area contributed by atoms with Gasteiger partial charge in [0, 0.05) is 23.8 Å². The van der Waals surface area contributed by atoms with Gasteiger partial charge >= 0.3 is 0 Å². The summed E-state index contributed by atoms with van der Waals surface area (Å²) in [6.45, 7) is 7.89. The molecule has 106 valence electrons. The van der Waals surface area contributed by atoms with Crippen molar-refractivity contribution in [2.45, 2.75) is 39.0 Å². The number of piperidine rings is 1. The maximum Gasteiger partial charge on any atom is 0.267 e. The average Bonchev–Trinajstić information content (AvgIpc) is 2.87. The molecular weight excluding hydrogens is 326 g/mol. The smallest absolute Gasteiger partial charge is 0.267 e. The Morgan fingerprint density at radius 1 is 1.53 bits per heavy atom. The van der Waals surface area contributed by atoms with Crippen molar-refractivity contribution >= 4 is 33.4 Å². The lowest BCUT2D eigenvalue weighted by molar-refractivity contribution is 0.0688. The van der Waals surface area contributed by atoms with Crippen LogP contribution in [-0.4, -0.2) is 38.8 Å². The highest BCUT2D eigenvalue weighted by Crippen LogP contribution is 2.28. The fourth-order valence-corrected chi connectivity index (χ4v) is 3.71. The van der Waals surface area contributed by atoms with Crippen molar-refractivity contribution in [3.05, 3.63) is 10.6 Å². The van der Waals surface area contributed by atoms with Gasteiger partial charge < -0.3 is 4.90 Å². The van der Waals surface area contributed by atoms with Crippen molar-refractivity contribution in [2.75, 3.05) is 18.4 Å². The van der Waals surface area contributed by atoms with Gasteiger partial charge in [-0.05, 0) is 30.3 Å². The van der Waals surface area contributed by atoms with E-state index >= 15 is 0 Å². The van der Waals surface area contributed by atoms with Crippen LogP contribution in [0.1, 0.15) is 49.0 Å². The molecule has 1 fully saturated rings. The van der Waals surface area contributed by atoms with Gasteiger partial charge in [0.25, 0.3) is 5.91 Å². The van der Waals surface area contributed by atoms with Gasteiger partial charge in [-0.25, -0.2) is 0 Å². The minimum atomic E-state index is -0.136. The van der Waals surface area contributed by atoms with Crippen molar-refractivity contribution in [1.82, 2.24) is 14.5 Å². The van der Waals surface area contributed by atoms with Crippen molar-refractivity contribution < 1.29 is 4.79 Å². The maximum absolute atomic E-state index is 12.6. The number of likely N-dealkylation sites (tertiary alicyclic amines) is 1. The van der Waals surface area contributed by atoms with Crippen molar-refractivity contribution in [3.63, 3.8) is 0 Å². The molecule has 2 heterocycles. The van der Waals surface area contributed by atoms with Crippen LogP contribution in [0.2, 0.25) is 0 Å². The van der Waals surface area contributed by atoms with Gasteiger partial charge in [-0.1, -0.05) is 41.2 Å². The number of nitrogens with zero attached hydrogens (tertiary/aromatic N) is 3. The van der Waals surface area contributed by atoms with E-state index in [2.05, 4.69) is 46.3 Å². The number of amides is 1. The van der Waals surface area contributed by atoms with Crippen LogP contribution in [0.25, 0.3) is 0 Å². The Bertz CT molecular complexity index is 455. The minimum absolute atomic E-state index is 0.102. The van der Waals surface area contributed by atoms with Crippen molar-refractivity contribution in [1.29, 1.82) is 0 Å². The van der Waals surface area contributed by atoms with E-state index in [4.69, 9.17) is 0 Å². The first-order valence-corrected chi connectivity index (χ1v) is 8.51. The van der Waals surface area contributed by atoms with E-state index in [9.17, 15) is 4.79 Å². The summed E-state index contributed by atoms with van der Waals surface area (Å²) < 4.78 is 3.98. The largest absolute Gasteiger partial charge is 0.338 e. The Morgan fingerprint density at radius 2 is 2.26 bits per heavy atom. The number of aromatic nitrogens is 2. The number of hydrogen-bond acceptors (Lipinski definition) is 4. The summed E-state index contributed by atoms with van der Waals surface area (Å²) in [5.74, 6) is 0.669. The predicted molar refractivity (Wildman–Crippen MR) is 81.0 cm³/mol. The molecule has 0 aromatic carbocycles. The molecular formula is C13H20BrN3OS. The molecule has 2 rings (SSSR count). The molecule has 0 spiro atoms. The first-order valence-electron chi connectivity index (χ1n) is 6.61. The number of alkyl halides is 1. The molecule has 1 aliphatic heterocycles. The summed E-state index contributed by atoms with van der Waals surface area (Å²) in [5, 5.41) is 5.12. The number of hydrogen-bond donors (Lipinski definition) is 0. The molecule has 1 aromatic rings. The van der Waals surface area contributed by atoms with Crippen LogP contribution < -0.4 is 0 Å². The summed E-state index contributed by atoms with van der Waals surface area (Å²) in [6, 6.07) is 0. The van der Waals surface area contributed by atoms with Gasteiger partial charge in [0.05, 0.1) is 5.69 Å². The number of halogens is 1. The second kappa shape index (κ2) is 5.87. The van der Waals surface area contributed by atoms with Gasteiger partial charge in [-0.3, -0.25) is 4.79 Å². The fraction of sp³-hybridized carbons (Fsp3) is 0.769. The normalized spacial score (nSPS) is 20.6. The molecule has 1 atom stereocenters. The van der Waals surface area contributed by atoms with E-state index in [1.54, 1.807) is 0 Å². The maximum atomic E-state index is 12.6. The highest BCUT2D eigenvalue weighted by molar-refractivity contribution is 9.09. The molecule has 4 nitrogen and oxygen atoms in total. The molecule has 1 amide bonds. The molecule has 1 saturated heterocycles. The number of rotatable bonds is 2. The zero-order valence-corrected chi connectivity index (χ0v) is 14.1. The van der Waals surface area contributed by atoms with Gasteiger partial charge in [0.2, 0.25) is 0 Å². The van der Waals surface area contributed by atoms with E-state index in [0.29, 0.717) is 10.8 Å². The summed E-state index contributed by atoms with van der Waals surface area (Å²) in [4.78, 5) is 15.3. The number of carbonyl (C=O) groups is 1. The Hall–Kier alpha value is -0.490. The standard InChI is InChI=1S/C13H20BrN3OS/c1-13(2,3)11-10(19-16-15-11)12(18)17-6-4-5-9(7-14)8-17/h9H,4-8H2,1-3H3. The van der Waals surface area contributed by atoms with Crippen LogP contribution in [0.4, 0.5) is 0 Å². The summed E-state index contributed by atoms with van der Waals surface area (Å²) >= 11 is 4.75. The second-order valence-corrected chi connectivity index (χ2v) is 7.52. The Balaban J connectivity index is 2.18. The Kier molecular flexibility index (Phi) is 4.61. The number of carbonyl (C=O) groups excluding carboxylic acids is 1. The second-order valence-electron chi connectivity index (χ2n) is 6.11. The first kappa shape index (κ1) is 14.9. The summed E-state index contributed by atoms with van der Waals surface area (Å²) in [7, 11) is 0. The molecule has 0 N–H and O–H groups in total. The van der Waals surface area contributed by atoms with Crippen LogP contribution in [0.5, 0.6) is 0 Å². The highest BCUT2D eigenvalue weighted by atomic mass is 79.9. The van der Waals surface area contributed by atoms with E-state index in [1.165, 1.54) is 18.0 Å². The Labute approximate surface area is 126 Å². The van der Waals surface area contributed by atoms with Crippen molar-refractivity contribution in [3.8, 4) is 0 Å². The topological polar surface area (TPSA) is 46.1 Å². The zero-order chi connectivity index (χ0) is 14.0. The monoisotopic (exact) mass is 345 g/mol. The SMILES string of the molecule is CC(C)(C)c1nnsc1C(=O)N1CCCC(CBr)C1. The van der Waals surface area contributed by atoms with E-state index in [-0.39, 0.29) is 11.3 Å². The quantitative estimate of drug-likeness (QED) is 0.773. The molecule has 0 saturated carbocycles. The first-order chi connectivity index (χ1) is 8.93.